The number of rotatable bonds is 2. The fraction of sp³-hybridized carbons (Fsp3) is 0.500. The quantitative estimate of drug-likeness (QED) is 0.634. The second-order valence-electron chi connectivity index (χ2n) is 4.60. The minimum atomic E-state index is -0.0110. The van der Waals surface area contributed by atoms with E-state index in [-0.39, 0.29) is 17.3 Å². The first-order chi connectivity index (χ1) is 8.27. The van der Waals surface area contributed by atoms with Crippen LogP contribution in [0.15, 0.2) is 30.3 Å². The Morgan fingerprint density at radius 3 is 2.59 bits per heavy atom. The molecule has 17 heavy (non-hydrogen) atoms. The number of alkyl halides is 1. The summed E-state index contributed by atoms with van der Waals surface area (Å²) in [5.74, 6) is -0.0110. The second kappa shape index (κ2) is 6.06. The van der Waals surface area contributed by atoms with Crippen molar-refractivity contribution in [2.45, 2.75) is 43.5 Å². The van der Waals surface area contributed by atoms with E-state index in [1.165, 1.54) is 12.8 Å². The molecule has 0 spiro atoms. The summed E-state index contributed by atoms with van der Waals surface area (Å²) in [5, 5.41) is 3.13. The molecule has 92 valence electrons. The van der Waals surface area contributed by atoms with Crippen LogP contribution in [0.25, 0.3) is 0 Å². The zero-order chi connectivity index (χ0) is 12.1. The topological polar surface area (TPSA) is 29.1 Å². The average Bonchev–Trinajstić information content (AvgIpc) is 2.56. The van der Waals surface area contributed by atoms with E-state index in [0.717, 1.165) is 19.3 Å². The standard InChI is InChI=1S/C14H18ClNO/c15-12-9-5-2-6-10-13(12)16-14(17)11-7-3-1-4-8-11/h1,3-4,7-8,12-13H,2,5-6,9-10H2,(H,16,17). The van der Waals surface area contributed by atoms with Gasteiger partial charge < -0.3 is 5.32 Å². The monoisotopic (exact) mass is 251 g/mol. The zero-order valence-electron chi connectivity index (χ0n) is 9.86. The molecule has 1 fully saturated rings. The normalized spacial score (nSPS) is 25.0. The highest BCUT2D eigenvalue weighted by Gasteiger charge is 2.23. The Morgan fingerprint density at radius 2 is 1.82 bits per heavy atom. The maximum Gasteiger partial charge on any atom is 0.251 e. The first-order valence-electron chi connectivity index (χ1n) is 6.27. The van der Waals surface area contributed by atoms with Crippen LogP contribution in [0.4, 0.5) is 0 Å². The third-order valence-electron chi connectivity index (χ3n) is 3.28. The van der Waals surface area contributed by atoms with Gasteiger partial charge in [0.25, 0.3) is 5.91 Å². The van der Waals surface area contributed by atoms with Crippen molar-refractivity contribution >= 4 is 17.5 Å². The van der Waals surface area contributed by atoms with Crippen molar-refractivity contribution in [3.8, 4) is 0 Å². The van der Waals surface area contributed by atoms with Crippen molar-refractivity contribution in [3.05, 3.63) is 35.9 Å². The van der Waals surface area contributed by atoms with Gasteiger partial charge in [-0.15, -0.1) is 11.6 Å². The molecule has 2 rings (SSSR count). The maximum absolute atomic E-state index is 12.0. The van der Waals surface area contributed by atoms with E-state index in [0.29, 0.717) is 5.56 Å². The van der Waals surface area contributed by atoms with E-state index < -0.39 is 0 Å². The van der Waals surface area contributed by atoms with Gasteiger partial charge in [-0.2, -0.15) is 0 Å². The Balaban J connectivity index is 1.98. The number of benzene rings is 1. The van der Waals surface area contributed by atoms with Crippen LogP contribution in [0.5, 0.6) is 0 Å². The third kappa shape index (κ3) is 3.47. The van der Waals surface area contributed by atoms with Crippen LogP contribution >= 0.6 is 11.6 Å². The maximum atomic E-state index is 12.0. The van der Waals surface area contributed by atoms with E-state index in [9.17, 15) is 4.79 Å². The minimum absolute atomic E-state index is 0.0110. The molecule has 0 aromatic heterocycles. The molecule has 3 heteroatoms. The van der Waals surface area contributed by atoms with Gasteiger partial charge in [-0.25, -0.2) is 0 Å². The highest BCUT2D eigenvalue weighted by atomic mass is 35.5. The Bertz CT molecular complexity index is 366. The Morgan fingerprint density at radius 1 is 1.12 bits per heavy atom. The number of nitrogens with one attached hydrogen (secondary N) is 1. The predicted molar refractivity (Wildman–Crippen MR) is 70.4 cm³/mol. The van der Waals surface area contributed by atoms with Crippen LogP contribution < -0.4 is 5.32 Å². The van der Waals surface area contributed by atoms with Crippen molar-refractivity contribution in [3.63, 3.8) is 0 Å². The number of halogens is 1. The number of amides is 1. The third-order valence-corrected chi connectivity index (χ3v) is 3.81. The highest BCUT2D eigenvalue weighted by Crippen LogP contribution is 2.22. The molecule has 0 radical (unpaired) electrons. The number of hydrogen-bond donors (Lipinski definition) is 1. The van der Waals surface area contributed by atoms with Crippen molar-refractivity contribution in [1.82, 2.24) is 5.32 Å². The minimum Gasteiger partial charge on any atom is -0.348 e. The molecule has 2 atom stereocenters. The lowest BCUT2D eigenvalue weighted by Crippen LogP contribution is -2.40. The molecule has 1 amide bonds. The predicted octanol–water partition coefficient (Wildman–Crippen LogP) is 3.36. The van der Waals surface area contributed by atoms with Gasteiger partial charge in [-0.3, -0.25) is 4.79 Å². The second-order valence-corrected chi connectivity index (χ2v) is 5.16. The smallest absolute Gasteiger partial charge is 0.251 e. The van der Waals surface area contributed by atoms with E-state index in [4.69, 9.17) is 11.6 Å². The van der Waals surface area contributed by atoms with Gasteiger partial charge in [-0.05, 0) is 25.0 Å². The van der Waals surface area contributed by atoms with Crippen LogP contribution in [-0.2, 0) is 0 Å². The summed E-state index contributed by atoms with van der Waals surface area (Å²) in [4.78, 5) is 12.0. The fourth-order valence-corrected chi connectivity index (χ4v) is 2.61. The summed E-state index contributed by atoms with van der Waals surface area (Å²) in [6.07, 6.45) is 5.55. The van der Waals surface area contributed by atoms with E-state index >= 15 is 0 Å². The molecule has 0 aliphatic heterocycles. The van der Waals surface area contributed by atoms with E-state index in [1.54, 1.807) is 0 Å². The number of hydrogen-bond acceptors (Lipinski definition) is 1. The van der Waals surface area contributed by atoms with Crippen molar-refractivity contribution in [2.24, 2.45) is 0 Å². The summed E-state index contributed by atoms with van der Waals surface area (Å²) in [6.45, 7) is 0. The molecule has 0 saturated heterocycles. The molecule has 1 aromatic carbocycles. The van der Waals surface area contributed by atoms with Gasteiger partial charge in [-0.1, -0.05) is 37.5 Å². The fourth-order valence-electron chi connectivity index (χ4n) is 2.27. The van der Waals surface area contributed by atoms with Crippen LogP contribution in [0.3, 0.4) is 0 Å². The summed E-state index contributed by atoms with van der Waals surface area (Å²) >= 11 is 6.30. The lowest BCUT2D eigenvalue weighted by Gasteiger charge is -2.21. The summed E-state index contributed by atoms with van der Waals surface area (Å²) in [5.41, 5.74) is 0.709. The Kier molecular flexibility index (Phi) is 4.43. The lowest BCUT2D eigenvalue weighted by atomic mass is 10.1. The van der Waals surface area contributed by atoms with E-state index in [1.807, 2.05) is 30.3 Å². The molecular weight excluding hydrogens is 234 g/mol. The highest BCUT2D eigenvalue weighted by molar-refractivity contribution is 6.21. The molecule has 1 aliphatic rings. The number of carbonyl (C=O) groups excluding carboxylic acids is 1. The van der Waals surface area contributed by atoms with Gasteiger partial charge in [0.15, 0.2) is 0 Å². The molecule has 1 saturated carbocycles. The molecule has 2 nitrogen and oxygen atoms in total. The van der Waals surface area contributed by atoms with Gasteiger partial charge in [0, 0.05) is 11.6 Å². The molecule has 1 N–H and O–H groups in total. The van der Waals surface area contributed by atoms with E-state index in [2.05, 4.69) is 5.32 Å². The van der Waals surface area contributed by atoms with Gasteiger partial charge >= 0.3 is 0 Å². The molecule has 1 aliphatic carbocycles. The van der Waals surface area contributed by atoms with Crippen molar-refractivity contribution in [1.29, 1.82) is 0 Å². The first kappa shape index (κ1) is 12.4. The molecule has 1 aromatic rings. The van der Waals surface area contributed by atoms with Crippen LogP contribution in [0, 0.1) is 0 Å². The van der Waals surface area contributed by atoms with Crippen molar-refractivity contribution in [2.75, 3.05) is 0 Å². The van der Waals surface area contributed by atoms with Gasteiger partial charge in [0.05, 0.1) is 5.38 Å². The van der Waals surface area contributed by atoms with Crippen molar-refractivity contribution < 1.29 is 4.79 Å². The lowest BCUT2D eigenvalue weighted by molar-refractivity contribution is 0.0934. The first-order valence-corrected chi connectivity index (χ1v) is 6.71. The number of carbonyl (C=O) groups is 1. The summed E-state index contributed by atoms with van der Waals surface area (Å²) in [6, 6.07) is 9.43. The summed E-state index contributed by atoms with van der Waals surface area (Å²) < 4.78 is 0. The van der Waals surface area contributed by atoms with Gasteiger partial charge in [0.1, 0.15) is 0 Å². The van der Waals surface area contributed by atoms with Crippen LogP contribution in [-0.4, -0.2) is 17.3 Å². The Labute approximate surface area is 107 Å². The van der Waals surface area contributed by atoms with Crippen LogP contribution in [0.1, 0.15) is 42.5 Å². The summed E-state index contributed by atoms with van der Waals surface area (Å²) in [7, 11) is 0. The average molecular weight is 252 g/mol. The largest absolute Gasteiger partial charge is 0.348 e. The molecule has 0 heterocycles. The Hall–Kier alpha value is -1.02. The SMILES string of the molecule is O=C(NC1CCCCCC1Cl)c1ccccc1. The van der Waals surface area contributed by atoms with Crippen LogP contribution in [0.2, 0.25) is 0 Å². The zero-order valence-corrected chi connectivity index (χ0v) is 10.6. The van der Waals surface area contributed by atoms with Gasteiger partial charge in [0.2, 0.25) is 0 Å². The molecule has 2 unspecified atom stereocenters. The molecular formula is C14H18ClNO. The molecule has 0 bridgehead atoms.